The molecule has 0 heterocycles. The zero-order chi connectivity index (χ0) is 19.5. The number of rotatable bonds is 9. The standard InChI is InChI=1S/C11H27N2O.C7H8O3S/c1-5-6-7-8-12-9-11(14)10-13(2,3)4;1-6-2-4-7(5-3-6)11(8,9)10/h11-12,14H,5-10H2,1-4H3;2-5H,1H3,(H,8,9,10)/q+1;/p-1. The smallest absolute Gasteiger partial charge is 0.124 e. The highest BCUT2D eigenvalue weighted by Crippen LogP contribution is 2.08. The molecule has 0 saturated heterocycles. The van der Waals surface area contributed by atoms with E-state index in [2.05, 4.69) is 33.4 Å². The van der Waals surface area contributed by atoms with Gasteiger partial charge in [0, 0.05) is 6.54 Å². The van der Waals surface area contributed by atoms with Gasteiger partial charge in [-0.1, -0.05) is 37.5 Å². The van der Waals surface area contributed by atoms with E-state index < -0.39 is 10.1 Å². The largest absolute Gasteiger partial charge is 0.744 e. The van der Waals surface area contributed by atoms with Gasteiger partial charge in [0.15, 0.2) is 0 Å². The fourth-order valence-corrected chi connectivity index (χ4v) is 2.64. The Bertz CT molecular complexity index is 566. The molecule has 6 nitrogen and oxygen atoms in total. The van der Waals surface area contributed by atoms with Crippen molar-refractivity contribution in [3.8, 4) is 0 Å². The lowest BCUT2D eigenvalue weighted by Gasteiger charge is -2.26. The van der Waals surface area contributed by atoms with Gasteiger partial charge in [-0.25, -0.2) is 8.42 Å². The number of quaternary nitrogens is 1. The summed E-state index contributed by atoms with van der Waals surface area (Å²) in [6.45, 7) is 6.58. The Balaban J connectivity index is 0.000000472. The summed E-state index contributed by atoms with van der Waals surface area (Å²) in [5.41, 5.74) is 0.928. The molecule has 0 aliphatic heterocycles. The van der Waals surface area contributed by atoms with E-state index in [1.807, 2.05) is 6.92 Å². The van der Waals surface area contributed by atoms with Crippen LogP contribution in [0, 0.1) is 6.92 Å². The Morgan fingerprint density at radius 3 is 2.16 bits per heavy atom. The van der Waals surface area contributed by atoms with E-state index in [0.29, 0.717) is 0 Å². The van der Waals surface area contributed by atoms with Crippen LogP contribution in [0.1, 0.15) is 31.7 Å². The van der Waals surface area contributed by atoms with E-state index in [1.54, 1.807) is 12.1 Å². The number of benzene rings is 1. The van der Waals surface area contributed by atoms with Gasteiger partial charge in [-0.05, 0) is 32.0 Å². The monoisotopic (exact) mass is 374 g/mol. The Kier molecular flexibility index (Phi) is 11.1. The van der Waals surface area contributed by atoms with E-state index in [4.69, 9.17) is 0 Å². The van der Waals surface area contributed by atoms with Crippen molar-refractivity contribution in [2.45, 2.75) is 44.1 Å². The van der Waals surface area contributed by atoms with Gasteiger partial charge in [-0.15, -0.1) is 0 Å². The second-order valence-corrected chi connectivity index (χ2v) is 8.68. The summed E-state index contributed by atoms with van der Waals surface area (Å²) in [4.78, 5) is -0.178. The summed E-state index contributed by atoms with van der Waals surface area (Å²) >= 11 is 0. The average Bonchev–Trinajstić information content (AvgIpc) is 2.45. The molecule has 1 unspecified atom stereocenters. The number of hydrogen-bond acceptors (Lipinski definition) is 5. The van der Waals surface area contributed by atoms with Crippen LogP contribution in [0.15, 0.2) is 29.2 Å². The molecule has 25 heavy (non-hydrogen) atoms. The third-order valence-corrected chi connectivity index (χ3v) is 4.25. The summed E-state index contributed by atoms with van der Waals surface area (Å²) in [5, 5.41) is 12.9. The Morgan fingerprint density at radius 2 is 1.72 bits per heavy atom. The van der Waals surface area contributed by atoms with Crippen LogP contribution in [0.2, 0.25) is 0 Å². The van der Waals surface area contributed by atoms with Crippen molar-refractivity contribution in [3.05, 3.63) is 29.8 Å². The van der Waals surface area contributed by atoms with E-state index in [-0.39, 0.29) is 11.0 Å². The number of aryl methyl sites for hydroxylation is 1. The third-order valence-electron chi connectivity index (χ3n) is 3.41. The van der Waals surface area contributed by atoms with E-state index in [1.165, 1.54) is 31.4 Å². The number of nitrogens with zero attached hydrogens (tertiary/aromatic N) is 1. The first-order valence-corrected chi connectivity index (χ1v) is 10.1. The van der Waals surface area contributed by atoms with Gasteiger partial charge in [0.1, 0.15) is 22.8 Å². The topological polar surface area (TPSA) is 89.5 Å². The SMILES string of the molecule is CCCCCNCC(O)C[N+](C)(C)C.Cc1ccc(S(=O)(=O)[O-])cc1. The fraction of sp³-hybridized carbons (Fsp3) is 0.667. The number of likely N-dealkylation sites (N-methyl/N-ethyl adjacent to an activating group) is 1. The molecule has 0 aliphatic rings. The van der Waals surface area contributed by atoms with Crippen molar-refractivity contribution < 1.29 is 22.6 Å². The quantitative estimate of drug-likeness (QED) is 0.390. The average molecular weight is 375 g/mol. The van der Waals surface area contributed by atoms with Crippen molar-refractivity contribution in [2.24, 2.45) is 0 Å². The molecule has 7 heteroatoms. The molecule has 1 atom stereocenters. The second kappa shape index (κ2) is 11.6. The normalized spacial score (nSPS) is 13.1. The summed E-state index contributed by atoms with van der Waals surface area (Å²) in [6, 6.07) is 5.78. The number of aliphatic hydroxyl groups is 1. The molecular weight excluding hydrogens is 340 g/mol. The van der Waals surface area contributed by atoms with Crippen molar-refractivity contribution in [1.82, 2.24) is 5.32 Å². The highest BCUT2D eigenvalue weighted by atomic mass is 32.2. The molecular formula is C18H34N2O4S. The molecule has 0 bridgehead atoms. The van der Waals surface area contributed by atoms with Gasteiger partial charge < -0.3 is 19.5 Å². The summed E-state index contributed by atoms with van der Waals surface area (Å²) in [7, 11) is 2.02. The maximum absolute atomic E-state index is 10.4. The van der Waals surface area contributed by atoms with E-state index in [0.717, 1.165) is 29.7 Å². The number of unbranched alkanes of at least 4 members (excludes halogenated alkanes) is 2. The predicted molar refractivity (Wildman–Crippen MR) is 100 cm³/mol. The fourth-order valence-electron chi connectivity index (χ4n) is 2.17. The first kappa shape index (κ1) is 24.0. The minimum atomic E-state index is -4.27. The van der Waals surface area contributed by atoms with E-state index in [9.17, 15) is 18.1 Å². The van der Waals surface area contributed by atoms with Crippen LogP contribution < -0.4 is 5.32 Å². The molecule has 0 radical (unpaired) electrons. The van der Waals surface area contributed by atoms with Crippen LogP contribution in [-0.4, -0.2) is 69.4 Å². The van der Waals surface area contributed by atoms with Gasteiger partial charge in [0.05, 0.1) is 26.0 Å². The molecule has 1 aromatic carbocycles. The molecule has 1 aromatic rings. The lowest BCUT2D eigenvalue weighted by atomic mass is 10.2. The molecule has 2 N–H and O–H groups in total. The summed E-state index contributed by atoms with van der Waals surface area (Å²) in [5.74, 6) is 0. The maximum atomic E-state index is 10.4. The van der Waals surface area contributed by atoms with Gasteiger partial charge in [-0.2, -0.15) is 0 Å². The zero-order valence-electron chi connectivity index (χ0n) is 16.2. The van der Waals surface area contributed by atoms with Crippen LogP contribution in [0.3, 0.4) is 0 Å². The van der Waals surface area contributed by atoms with Crippen LogP contribution >= 0.6 is 0 Å². The lowest BCUT2D eigenvalue weighted by molar-refractivity contribution is -0.873. The highest BCUT2D eigenvalue weighted by Gasteiger charge is 2.14. The van der Waals surface area contributed by atoms with E-state index >= 15 is 0 Å². The molecule has 146 valence electrons. The van der Waals surface area contributed by atoms with Crippen LogP contribution in [0.25, 0.3) is 0 Å². The molecule has 1 rings (SSSR count). The third kappa shape index (κ3) is 13.9. The Hall–Kier alpha value is -0.990. The summed E-state index contributed by atoms with van der Waals surface area (Å²) < 4.78 is 32.0. The predicted octanol–water partition coefficient (Wildman–Crippen LogP) is 1.73. The molecule has 0 saturated carbocycles. The maximum Gasteiger partial charge on any atom is 0.124 e. The van der Waals surface area contributed by atoms with Gasteiger partial charge in [0.25, 0.3) is 0 Å². The Labute approximate surface area is 153 Å². The van der Waals surface area contributed by atoms with Crippen molar-refractivity contribution in [3.63, 3.8) is 0 Å². The molecule has 0 amide bonds. The van der Waals surface area contributed by atoms with Crippen molar-refractivity contribution >= 4 is 10.1 Å². The molecule has 0 spiro atoms. The van der Waals surface area contributed by atoms with Crippen molar-refractivity contribution in [2.75, 3.05) is 40.8 Å². The second-order valence-electron chi connectivity index (χ2n) is 7.31. The summed E-state index contributed by atoms with van der Waals surface area (Å²) in [6.07, 6.45) is 3.52. The van der Waals surface area contributed by atoms with Crippen LogP contribution in [-0.2, 0) is 10.1 Å². The zero-order valence-corrected chi connectivity index (χ0v) is 17.0. The van der Waals surface area contributed by atoms with Gasteiger partial charge in [0.2, 0.25) is 0 Å². The first-order chi connectivity index (χ1) is 11.5. The number of aliphatic hydroxyl groups excluding tert-OH is 1. The Morgan fingerprint density at radius 1 is 1.16 bits per heavy atom. The van der Waals surface area contributed by atoms with Crippen LogP contribution in [0.5, 0.6) is 0 Å². The lowest BCUT2D eigenvalue weighted by Crippen LogP contribution is -2.45. The minimum Gasteiger partial charge on any atom is -0.744 e. The highest BCUT2D eigenvalue weighted by molar-refractivity contribution is 7.85. The van der Waals surface area contributed by atoms with Crippen molar-refractivity contribution in [1.29, 1.82) is 0 Å². The number of nitrogens with one attached hydrogen (secondary N) is 1. The molecule has 0 aromatic heterocycles. The minimum absolute atomic E-state index is 0.178. The van der Waals surface area contributed by atoms with Crippen LogP contribution in [0.4, 0.5) is 0 Å². The molecule has 0 aliphatic carbocycles. The number of hydrogen-bond donors (Lipinski definition) is 2. The van der Waals surface area contributed by atoms with Gasteiger partial charge in [-0.3, -0.25) is 0 Å². The van der Waals surface area contributed by atoms with Gasteiger partial charge >= 0.3 is 0 Å². The molecule has 0 fully saturated rings. The first-order valence-electron chi connectivity index (χ1n) is 8.67.